The number of aromatic nitrogens is 4. The number of benzene rings is 1. The second kappa shape index (κ2) is 10.9. The minimum atomic E-state index is -0.429. The minimum Gasteiger partial charge on any atom is -0.456 e. The second-order valence-corrected chi connectivity index (χ2v) is 10.5. The van der Waals surface area contributed by atoms with Crippen LogP contribution in [0.15, 0.2) is 54.9 Å². The molecule has 2 aliphatic rings. The molecule has 0 bridgehead atoms. The van der Waals surface area contributed by atoms with Crippen molar-refractivity contribution in [2.75, 3.05) is 36.9 Å². The molecule has 5 heterocycles. The maximum absolute atomic E-state index is 13.0. The molecule has 0 aliphatic carbocycles. The summed E-state index contributed by atoms with van der Waals surface area (Å²) in [6, 6.07) is 13.6. The zero-order valence-corrected chi connectivity index (χ0v) is 22.4. The topological polar surface area (TPSA) is 158 Å². The number of anilines is 2. The van der Waals surface area contributed by atoms with Crippen molar-refractivity contribution in [3.8, 4) is 17.6 Å². The molecule has 2 fully saturated rings. The van der Waals surface area contributed by atoms with Gasteiger partial charge >= 0.3 is 0 Å². The summed E-state index contributed by atoms with van der Waals surface area (Å²) in [4.78, 5) is 36.1. The predicted octanol–water partition coefficient (Wildman–Crippen LogP) is 3.71. The molecule has 41 heavy (non-hydrogen) atoms. The normalized spacial score (nSPS) is 17.8. The van der Waals surface area contributed by atoms with Crippen molar-refractivity contribution >= 4 is 34.5 Å². The summed E-state index contributed by atoms with van der Waals surface area (Å²) in [6.45, 7) is 4.21. The van der Waals surface area contributed by atoms with Crippen LogP contribution in [-0.4, -0.2) is 69.2 Å². The van der Waals surface area contributed by atoms with Gasteiger partial charge in [-0.2, -0.15) is 10.4 Å². The molecule has 12 nitrogen and oxygen atoms in total. The lowest BCUT2D eigenvalue weighted by molar-refractivity contribution is -0.169. The molecule has 4 aromatic rings. The van der Waals surface area contributed by atoms with Crippen LogP contribution in [0.3, 0.4) is 0 Å². The van der Waals surface area contributed by atoms with E-state index in [0.717, 1.165) is 19.4 Å². The number of nitrogens with zero attached hydrogens (tertiary/aromatic N) is 5. The number of rotatable bonds is 7. The number of piperidine rings is 1. The Kier molecular flexibility index (Phi) is 6.94. The second-order valence-electron chi connectivity index (χ2n) is 10.5. The number of hydrogen-bond acceptors (Lipinski definition) is 9. The van der Waals surface area contributed by atoms with E-state index in [4.69, 9.17) is 14.7 Å². The first-order valence-corrected chi connectivity index (χ1v) is 13.3. The fraction of sp³-hybridized carbons (Fsp3) is 0.310. The third-order valence-corrected chi connectivity index (χ3v) is 7.31. The standard InChI is InChI=1S/C29H28N8O4/c1-29(16-40-17-29)28(39)37-12-2-3-20(15-37)33-26-24-22(9-11-32-25(24)35-36-26)41-21-6-4-19(5-7-21)27(38)34-23-13-18(14-30)8-10-31-23/h4-11,13,20H,2-3,12,15-17H2,1H3,(H,31,34,38)(H2,32,33,35,36)/t20-/m1/s1. The molecule has 3 aromatic heterocycles. The number of hydrogen-bond donors (Lipinski definition) is 3. The number of carbonyl (C=O) groups is 2. The first-order valence-electron chi connectivity index (χ1n) is 13.3. The lowest BCUT2D eigenvalue weighted by Gasteiger charge is -2.43. The fourth-order valence-corrected chi connectivity index (χ4v) is 5.06. The molecular weight excluding hydrogens is 524 g/mol. The summed E-state index contributed by atoms with van der Waals surface area (Å²) < 4.78 is 11.5. The van der Waals surface area contributed by atoms with Crippen LogP contribution in [-0.2, 0) is 9.53 Å². The van der Waals surface area contributed by atoms with Crippen LogP contribution in [0.25, 0.3) is 11.0 Å². The first kappa shape index (κ1) is 26.2. The molecule has 12 heteroatoms. The fourth-order valence-electron chi connectivity index (χ4n) is 5.06. The van der Waals surface area contributed by atoms with E-state index in [1.165, 1.54) is 12.3 Å². The van der Waals surface area contributed by atoms with Gasteiger partial charge in [-0.25, -0.2) is 9.97 Å². The van der Waals surface area contributed by atoms with Gasteiger partial charge in [0.1, 0.15) is 22.7 Å². The number of likely N-dealkylation sites (tertiary alicyclic amines) is 1. The Hall–Kier alpha value is -5.02. The summed E-state index contributed by atoms with van der Waals surface area (Å²) in [6.07, 6.45) is 4.90. The monoisotopic (exact) mass is 552 g/mol. The molecule has 208 valence electrons. The Labute approximate surface area is 235 Å². The maximum Gasteiger partial charge on any atom is 0.256 e. The number of pyridine rings is 2. The molecule has 2 saturated heterocycles. The highest BCUT2D eigenvalue weighted by atomic mass is 16.5. The molecule has 0 spiro atoms. The van der Waals surface area contributed by atoms with Crippen molar-refractivity contribution in [1.29, 1.82) is 5.26 Å². The van der Waals surface area contributed by atoms with Crippen molar-refractivity contribution in [3.63, 3.8) is 0 Å². The SMILES string of the molecule is CC1(C(=O)N2CCC[C@@H](Nc3n[nH]c4nccc(Oc5ccc(C(=O)Nc6cc(C#N)ccn6)cc5)c34)C2)COC1. The van der Waals surface area contributed by atoms with Gasteiger partial charge in [0.15, 0.2) is 11.5 Å². The van der Waals surface area contributed by atoms with Crippen LogP contribution < -0.4 is 15.4 Å². The van der Waals surface area contributed by atoms with E-state index in [1.807, 2.05) is 17.9 Å². The third-order valence-electron chi connectivity index (χ3n) is 7.31. The number of nitriles is 1. The van der Waals surface area contributed by atoms with E-state index in [-0.39, 0.29) is 17.9 Å². The molecular formula is C29H28N8O4. The summed E-state index contributed by atoms with van der Waals surface area (Å²) in [5.74, 6) is 1.75. The highest BCUT2D eigenvalue weighted by Crippen LogP contribution is 2.34. The Bertz CT molecular complexity index is 1640. The van der Waals surface area contributed by atoms with Gasteiger partial charge in [-0.1, -0.05) is 0 Å². The Balaban J connectivity index is 1.15. The predicted molar refractivity (Wildman–Crippen MR) is 149 cm³/mol. The van der Waals surface area contributed by atoms with E-state index < -0.39 is 5.41 Å². The van der Waals surface area contributed by atoms with Gasteiger partial charge in [0, 0.05) is 43.2 Å². The van der Waals surface area contributed by atoms with E-state index in [9.17, 15) is 9.59 Å². The molecule has 1 aromatic carbocycles. The Morgan fingerprint density at radius 1 is 1.17 bits per heavy atom. The van der Waals surface area contributed by atoms with Gasteiger partial charge in [0.2, 0.25) is 5.91 Å². The van der Waals surface area contributed by atoms with Crippen molar-refractivity contribution in [2.45, 2.75) is 25.8 Å². The quantitative estimate of drug-likeness (QED) is 0.311. The molecule has 2 aliphatic heterocycles. The van der Waals surface area contributed by atoms with Gasteiger partial charge in [-0.05, 0) is 56.2 Å². The minimum absolute atomic E-state index is 0.0259. The number of carbonyl (C=O) groups excluding carboxylic acids is 2. The van der Waals surface area contributed by atoms with Crippen molar-refractivity contribution in [3.05, 3.63) is 66.0 Å². The van der Waals surface area contributed by atoms with Crippen molar-refractivity contribution in [2.24, 2.45) is 5.41 Å². The van der Waals surface area contributed by atoms with E-state index in [0.29, 0.717) is 65.1 Å². The molecule has 0 unspecified atom stereocenters. The molecule has 0 radical (unpaired) electrons. The Morgan fingerprint density at radius 2 is 1.98 bits per heavy atom. The number of H-pyrrole nitrogens is 1. The Morgan fingerprint density at radius 3 is 2.73 bits per heavy atom. The smallest absolute Gasteiger partial charge is 0.256 e. The molecule has 0 saturated carbocycles. The number of fused-ring (bicyclic) bond motifs is 1. The van der Waals surface area contributed by atoms with Crippen LogP contribution in [0.4, 0.5) is 11.6 Å². The van der Waals surface area contributed by atoms with Gasteiger partial charge in [0.25, 0.3) is 5.91 Å². The average Bonchev–Trinajstić information content (AvgIpc) is 3.39. The molecule has 6 rings (SSSR count). The summed E-state index contributed by atoms with van der Waals surface area (Å²) in [7, 11) is 0. The number of amides is 2. The van der Waals surface area contributed by atoms with Crippen LogP contribution >= 0.6 is 0 Å². The van der Waals surface area contributed by atoms with Crippen LogP contribution in [0.5, 0.6) is 11.5 Å². The highest BCUT2D eigenvalue weighted by molar-refractivity contribution is 6.03. The molecule has 2 amide bonds. The van der Waals surface area contributed by atoms with E-state index >= 15 is 0 Å². The van der Waals surface area contributed by atoms with Crippen molar-refractivity contribution < 1.29 is 19.1 Å². The largest absolute Gasteiger partial charge is 0.456 e. The van der Waals surface area contributed by atoms with E-state index in [2.05, 4.69) is 30.8 Å². The lowest BCUT2D eigenvalue weighted by atomic mass is 9.86. The summed E-state index contributed by atoms with van der Waals surface area (Å²) in [5, 5.41) is 23.3. The first-order chi connectivity index (χ1) is 19.9. The zero-order chi connectivity index (χ0) is 28.4. The van der Waals surface area contributed by atoms with Crippen LogP contribution in [0, 0.1) is 16.7 Å². The third kappa shape index (κ3) is 5.39. The van der Waals surface area contributed by atoms with E-state index in [1.54, 1.807) is 42.6 Å². The van der Waals surface area contributed by atoms with Gasteiger partial charge in [-0.3, -0.25) is 14.7 Å². The number of aromatic amines is 1. The number of nitrogens with one attached hydrogen (secondary N) is 3. The van der Waals surface area contributed by atoms with Gasteiger partial charge in [-0.15, -0.1) is 0 Å². The molecule has 1 atom stereocenters. The number of ether oxygens (including phenoxy) is 2. The highest BCUT2D eigenvalue weighted by Gasteiger charge is 2.44. The molecule has 3 N–H and O–H groups in total. The average molecular weight is 553 g/mol. The lowest BCUT2D eigenvalue weighted by Crippen LogP contribution is -2.56. The summed E-state index contributed by atoms with van der Waals surface area (Å²) in [5.41, 5.74) is 0.950. The zero-order valence-electron chi connectivity index (χ0n) is 22.4. The van der Waals surface area contributed by atoms with Gasteiger partial charge in [0.05, 0.1) is 30.3 Å². The maximum atomic E-state index is 13.0. The van der Waals surface area contributed by atoms with Crippen molar-refractivity contribution in [1.82, 2.24) is 25.1 Å². The summed E-state index contributed by atoms with van der Waals surface area (Å²) >= 11 is 0. The van der Waals surface area contributed by atoms with Gasteiger partial charge < -0.3 is 25.0 Å². The van der Waals surface area contributed by atoms with Crippen LogP contribution in [0.2, 0.25) is 0 Å². The van der Waals surface area contributed by atoms with Crippen LogP contribution in [0.1, 0.15) is 35.7 Å².